The molecule has 0 bridgehead atoms. The maximum atomic E-state index is 12.2. The molecule has 0 saturated heterocycles. The van der Waals surface area contributed by atoms with Crippen LogP contribution in [-0.4, -0.2) is 56.6 Å². The van der Waals surface area contributed by atoms with Crippen LogP contribution in [0.25, 0.3) is 11.0 Å². The quantitative estimate of drug-likeness (QED) is 0.602. The lowest BCUT2D eigenvalue weighted by molar-refractivity contribution is 0.0375. The third-order valence-electron chi connectivity index (χ3n) is 3.62. The van der Waals surface area contributed by atoms with Crippen LogP contribution in [0.2, 0.25) is 0 Å². The number of aryl methyl sites for hydroxylation is 2. The number of amides is 1. The molecule has 2 rings (SSSR count). The third-order valence-corrected chi connectivity index (χ3v) is 3.62. The van der Waals surface area contributed by atoms with Crippen LogP contribution in [0, 0.1) is 13.8 Å². The number of carbonyl (C=O) groups excluding carboxylic acids is 1. The standard InChI is InChI=1S/C15H19N3O4/c1-9-10(2)17-13-5-11(3-4-12(13)16-9)14(22)18-15(6-19,7-20)8-21/h3-5,19-21H,6-8H2,1-2H3,(H,18,22). The van der Waals surface area contributed by atoms with Gasteiger partial charge < -0.3 is 20.6 Å². The van der Waals surface area contributed by atoms with Gasteiger partial charge in [-0.1, -0.05) is 0 Å². The number of aliphatic hydroxyl groups is 3. The molecule has 4 N–H and O–H groups in total. The summed E-state index contributed by atoms with van der Waals surface area (Å²) in [6.45, 7) is 1.98. The van der Waals surface area contributed by atoms with Crippen molar-refractivity contribution < 1.29 is 20.1 Å². The van der Waals surface area contributed by atoms with Crippen LogP contribution in [0.4, 0.5) is 0 Å². The van der Waals surface area contributed by atoms with E-state index in [1.165, 1.54) is 0 Å². The number of aliphatic hydroxyl groups excluding tert-OH is 3. The molecule has 1 amide bonds. The predicted molar refractivity (Wildman–Crippen MR) is 80.5 cm³/mol. The molecule has 0 spiro atoms. The van der Waals surface area contributed by atoms with Crippen molar-refractivity contribution in [2.45, 2.75) is 19.4 Å². The monoisotopic (exact) mass is 305 g/mol. The van der Waals surface area contributed by atoms with Crippen LogP contribution in [0.3, 0.4) is 0 Å². The number of carbonyl (C=O) groups is 1. The van der Waals surface area contributed by atoms with Gasteiger partial charge in [-0.15, -0.1) is 0 Å². The van der Waals surface area contributed by atoms with Crippen molar-refractivity contribution in [2.24, 2.45) is 0 Å². The first-order valence-corrected chi connectivity index (χ1v) is 6.85. The molecule has 1 aromatic heterocycles. The molecule has 0 aliphatic heterocycles. The van der Waals surface area contributed by atoms with E-state index in [2.05, 4.69) is 15.3 Å². The molecule has 0 aliphatic rings. The van der Waals surface area contributed by atoms with Crippen molar-refractivity contribution in [2.75, 3.05) is 19.8 Å². The van der Waals surface area contributed by atoms with Crippen LogP contribution >= 0.6 is 0 Å². The number of benzene rings is 1. The average molecular weight is 305 g/mol. The topological polar surface area (TPSA) is 116 Å². The molecule has 22 heavy (non-hydrogen) atoms. The summed E-state index contributed by atoms with van der Waals surface area (Å²) in [6, 6.07) is 4.85. The van der Waals surface area contributed by atoms with E-state index in [-0.39, 0.29) is 0 Å². The second-order valence-corrected chi connectivity index (χ2v) is 5.31. The molecule has 0 unspecified atom stereocenters. The van der Waals surface area contributed by atoms with E-state index in [0.29, 0.717) is 16.6 Å². The Morgan fingerprint density at radius 3 is 2.14 bits per heavy atom. The fourth-order valence-corrected chi connectivity index (χ4v) is 1.95. The summed E-state index contributed by atoms with van der Waals surface area (Å²) in [6.07, 6.45) is 0. The Kier molecular flexibility index (Phi) is 4.70. The summed E-state index contributed by atoms with van der Waals surface area (Å²) in [7, 11) is 0. The molecule has 1 aromatic carbocycles. The highest BCUT2D eigenvalue weighted by Gasteiger charge is 2.30. The van der Waals surface area contributed by atoms with Crippen LogP contribution < -0.4 is 5.32 Å². The predicted octanol–water partition coefficient (Wildman–Crippen LogP) is -0.308. The Balaban J connectivity index is 2.34. The highest BCUT2D eigenvalue weighted by Crippen LogP contribution is 2.15. The van der Waals surface area contributed by atoms with E-state index in [0.717, 1.165) is 11.4 Å². The Hall–Kier alpha value is -2.09. The summed E-state index contributed by atoms with van der Waals surface area (Å²) in [5.74, 6) is -0.515. The molecule has 0 atom stereocenters. The van der Waals surface area contributed by atoms with Gasteiger partial charge in [0.05, 0.1) is 42.2 Å². The minimum Gasteiger partial charge on any atom is -0.394 e. The SMILES string of the molecule is Cc1nc2ccc(C(=O)NC(CO)(CO)CO)cc2nc1C. The molecule has 0 fully saturated rings. The molecular weight excluding hydrogens is 286 g/mol. The molecule has 7 heteroatoms. The van der Waals surface area contributed by atoms with Crippen LogP contribution in [-0.2, 0) is 0 Å². The molecular formula is C15H19N3O4. The summed E-state index contributed by atoms with van der Waals surface area (Å²) < 4.78 is 0. The van der Waals surface area contributed by atoms with Gasteiger partial charge >= 0.3 is 0 Å². The Bertz CT molecular complexity index is 690. The van der Waals surface area contributed by atoms with Gasteiger partial charge in [0, 0.05) is 5.56 Å². The molecule has 118 valence electrons. The fourth-order valence-electron chi connectivity index (χ4n) is 1.95. The minimum absolute atomic E-state index is 0.310. The van der Waals surface area contributed by atoms with E-state index in [1.807, 2.05) is 13.8 Å². The number of rotatable bonds is 5. The first-order chi connectivity index (χ1) is 10.4. The van der Waals surface area contributed by atoms with Gasteiger partial charge in [0.2, 0.25) is 0 Å². The Morgan fingerprint density at radius 2 is 1.59 bits per heavy atom. The fraction of sp³-hybridized carbons (Fsp3) is 0.400. The average Bonchev–Trinajstić information content (AvgIpc) is 2.53. The zero-order valence-corrected chi connectivity index (χ0v) is 12.5. The zero-order valence-electron chi connectivity index (χ0n) is 12.5. The second-order valence-electron chi connectivity index (χ2n) is 5.31. The van der Waals surface area contributed by atoms with Gasteiger partial charge in [0.1, 0.15) is 5.54 Å². The number of aromatic nitrogens is 2. The molecule has 1 heterocycles. The summed E-state index contributed by atoms with van der Waals surface area (Å²) in [5, 5.41) is 30.2. The molecule has 0 saturated carbocycles. The highest BCUT2D eigenvalue weighted by molar-refractivity contribution is 5.97. The van der Waals surface area contributed by atoms with Gasteiger partial charge in [-0.2, -0.15) is 0 Å². The number of hydrogen-bond acceptors (Lipinski definition) is 6. The van der Waals surface area contributed by atoms with E-state index < -0.39 is 31.3 Å². The summed E-state index contributed by atoms with van der Waals surface area (Å²) in [5.41, 5.74) is 1.71. The smallest absolute Gasteiger partial charge is 0.252 e. The van der Waals surface area contributed by atoms with Gasteiger partial charge in [0.25, 0.3) is 5.91 Å². The lowest BCUT2D eigenvalue weighted by Gasteiger charge is -2.28. The van der Waals surface area contributed by atoms with Crippen LogP contribution in [0.5, 0.6) is 0 Å². The van der Waals surface area contributed by atoms with Gasteiger partial charge in [-0.3, -0.25) is 4.79 Å². The van der Waals surface area contributed by atoms with Crippen molar-refractivity contribution in [1.82, 2.24) is 15.3 Å². The minimum atomic E-state index is -1.46. The first-order valence-electron chi connectivity index (χ1n) is 6.85. The Labute approximate surface area is 127 Å². The van der Waals surface area contributed by atoms with Crippen molar-refractivity contribution in [3.63, 3.8) is 0 Å². The van der Waals surface area contributed by atoms with E-state index in [1.54, 1.807) is 18.2 Å². The van der Waals surface area contributed by atoms with Crippen LogP contribution in [0.1, 0.15) is 21.7 Å². The number of nitrogens with one attached hydrogen (secondary N) is 1. The lowest BCUT2D eigenvalue weighted by atomic mass is 10.0. The molecule has 2 aromatic rings. The van der Waals surface area contributed by atoms with Crippen molar-refractivity contribution in [1.29, 1.82) is 0 Å². The van der Waals surface area contributed by atoms with Gasteiger partial charge in [-0.05, 0) is 32.0 Å². The molecule has 7 nitrogen and oxygen atoms in total. The Morgan fingerprint density at radius 1 is 1.05 bits per heavy atom. The summed E-state index contributed by atoms with van der Waals surface area (Å²) in [4.78, 5) is 21.0. The normalized spacial score (nSPS) is 11.7. The number of fused-ring (bicyclic) bond motifs is 1. The molecule has 0 radical (unpaired) electrons. The molecule has 0 aliphatic carbocycles. The number of nitrogens with zero attached hydrogens (tertiary/aromatic N) is 2. The largest absolute Gasteiger partial charge is 0.394 e. The lowest BCUT2D eigenvalue weighted by Crippen LogP contribution is -2.57. The van der Waals surface area contributed by atoms with E-state index in [4.69, 9.17) is 0 Å². The van der Waals surface area contributed by atoms with E-state index >= 15 is 0 Å². The maximum absolute atomic E-state index is 12.2. The van der Waals surface area contributed by atoms with Crippen molar-refractivity contribution in [3.05, 3.63) is 35.2 Å². The van der Waals surface area contributed by atoms with E-state index in [9.17, 15) is 20.1 Å². The van der Waals surface area contributed by atoms with Crippen LogP contribution in [0.15, 0.2) is 18.2 Å². The third kappa shape index (κ3) is 3.06. The van der Waals surface area contributed by atoms with Gasteiger partial charge in [-0.25, -0.2) is 9.97 Å². The highest BCUT2D eigenvalue weighted by atomic mass is 16.3. The number of hydrogen-bond donors (Lipinski definition) is 4. The van der Waals surface area contributed by atoms with Gasteiger partial charge in [0.15, 0.2) is 0 Å². The summed E-state index contributed by atoms with van der Waals surface area (Å²) >= 11 is 0. The maximum Gasteiger partial charge on any atom is 0.252 e. The first kappa shape index (κ1) is 16.3. The van der Waals surface area contributed by atoms with Crippen molar-refractivity contribution in [3.8, 4) is 0 Å². The zero-order chi connectivity index (χ0) is 16.3. The van der Waals surface area contributed by atoms with Crippen molar-refractivity contribution >= 4 is 16.9 Å². The second kappa shape index (κ2) is 6.35.